The van der Waals surface area contributed by atoms with E-state index in [1.54, 1.807) is 0 Å². The standard InChI is InChI=1S/C10H11F2NO2/c1-6-3-7(4-8(14)15-2)5-13-9(6)10(11)12/h3,5,10H,4H2,1-2H3. The van der Waals surface area contributed by atoms with Crippen molar-refractivity contribution >= 4 is 5.97 Å². The number of carbonyl (C=O) groups is 1. The lowest BCUT2D eigenvalue weighted by atomic mass is 10.1. The number of rotatable bonds is 3. The molecule has 3 nitrogen and oxygen atoms in total. The van der Waals surface area contributed by atoms with Gasteiger partial charge < -0.3 is 4.74 Å². The Morgan fingerprint density at radius 3 is 2.73 bits per heavy atom. The van der Waals surface area contributed by atoms with Crippen molar-refractivity contribution in [3.05, 3.63) is 29.1 Å². The number of pyridine rings is 1. The Balaban J connectivity index is 2.87. The van der Waals surface area contributed by atoms with Crippen molar-refractivity contribution in [2.24, 2.45) is 0 Å². The number of aromatic nitrogens is 1. The summed E-state index contributed by atoms with van der Waals surface area (Å²) in [5.74, 6) is -0.416. The van der Waals surface area contributed by atoms with Crippen molar-refractivity contribution in [2.75, 3.05) is 7.11 Å². The second kappa shape index (κ2) is 4.82. The Morgan fingerprint density at radius 2 is 2.27 bits per heavy atom. The average Bonchev–Trinajstić information content (AvgIpc) is 2.17. The molecule has 1 aromatic rings. The molecule has 0 atom stereocenters. The van der Waals surface area contributed by atoms with E-state index in [9.17, 15) is 13.6 Å². The van der Waals surface area contributed by atoms with Crippen LogP contribution in [0.5, 0.6) is 0 Å². The van der Waals surface area contributed by atoms with Crippen molar-refractivity contribution in [1.82, 2.24) is 4.98 Å². The van der Waals surface area contributed by atoms with Gasteiger partial charge in [-0.2, -0.15) is 0 Å². The van der Waals surface area contributed by atoms with E-state index in [4.69, 9.17) is 0 Å². The van der Waals surface area contributed by atoms with Gasteiger partial charge in [0.15, 0.2) is 0 Å². The summed E-state index contributed by atoms with van der Waals surface area (Å²) < 4.78 is 29.1. The minimum Gasteiger partial charge on any atom is -0.469 e. The quantitative estimate of drug-likeness (QED) is 0.724. The fourth-order valence-corrected chi connectivity index (χ4v) is 1.21. The Morgan fingerprint density at radius 1 is 1.60 bits per heavy atom. The number of alkyl halides is 2. The lowest BCUT2D eigenvalue weighted by molar-refractivity contribution is -0.139. The third-order valence-corrected chi connectivity index (χ3v) is 1.96. The van der Waals surface area contributed by atoms with E-state index in [-0.39, 0.29) is 12.1 Å². The van der Waals surface area contributed by atoms with Crippen LogP contribution in [0.1, 0.15) is 23.2 Å². The molecule has 1 rings (SSSR count). The first-order valence-corrected chi connectivity index (χ1v) is 4.35. The molecule has 1 aromatic heterocycles. The van der Waals surface area contributed by atoms with Crippen molar-refractivity contribution in [3.63, 3.8) is 0 Å². The molecule has 0 aliphatic heterocycles. The van der Waals surface area contributed by atoms with Gasteiger partial charge in [0.1, 0.15) is 5.69 Å². The molecular formula is C10H11F2NO2. The van der Waals surface area contributed by atoms with E-state index in [2.05, 4.69) is 9.72 Å². The number of esters is 1. The zero-order valence-electron chi connectivity index (χ0n) is 8.46. The van der Waals surface area contributed by atoms with Crippen LogP contribution in [0.25, 0.3) is 0 Å². The minimum absolute atomic E-state index is 0.0495. The molecule has 0 radical (unpaired) electrons. The molecule has 0 N–H and O–H groups in total. The monoisotopic (exact) mass is 215 g/mol. The third-order valence-electron chi connectivity index (χ3n) is 1.96. The van der Waals surface area contributed by atoms with Crippen LogP contribution in [-0.4, -0.2) is 18.1 Å². The van der Waals surface area contributed by atoms with E-state index in [0.29, 0.717) is 11.1 Å². The topological polar surface area (TPSA) is 39.2 Å². The minimum atomic E-state index is -2.59. The first kappa shape index (κ1) is 11.6. The Hall–Kier alpha value is -1.52. The van der Waals surface area contributed by atoms with Crippen LogP contribution in [0.4, 0.5) is 8.78 Å². The van der Waals surface area contributed by atoms with E-state index in [1.165, 1.54) is 26.3 Å². The summed E-state index contributed by atoms with van der Waals surface area (Å²) in [6, 6.07) is 1.52. The van der Waals surface area contributed by atoms with E-state index >= 15 is 0 Å². The number of hydrogen-bond acceptors (Lipinski definition) is 3. The molecular weight excluding hydrogens is 204 g/mol. The van der Waals surface area contributed by atoms with Gasteiger partial charge in [0.25, 0.3) is 6.43 Å². The summed E-state index contributed by atoms with van der Waals surface area (Å²) in [6.45, 7) is 1.54. The van der Waals surface area contributed by atoms with Gasteiger partial charge >= 0.3 is 5.97 Å². The van der Waals surface area contributed by atoms with Crippen LogP contribution in [0.2, 0.25) is 0 Å². The molecule has 0 bridgehead atoms. The average molecular weight is 215 g/mol. The fraction of sp³-hybridized carbons (Fsp3) is 0.400. The van der Waals surface area contributed by atoms with Gasteiger partial charge in [-0.25, -0.2) is 8.78 Å². The first-order chi connectivity index (χ1) is 7.04. The molecule has 0 unspecified atom stereocenters. The van der Waals surface area contributed by atoms with Crippen LogP contribution in [0, 0.1) is 6.92 Å². The zero-order valence-corrected chi connectivity index (χ0v) is 8.46. The van der Waals surface area contributed by atoms with Crippen molar-refractivity contribution in [3.8, 4) is 0 Å². The summed E-state index contributed by atoms with van der Waals surface area (Å²) in [6.07, 6.45) is -1.27. The molecule has 0 aliphatic rings. The number of methoxy groups -OCH3 is 1. The lowest BCUT2D eigenvalue weighted by Gasteiger charge is -2.05. The highest BCUT2D eigenvalue weighted by atomic mass is 19.3. The number of nitrogens with zero attached hydrogens (tertiary/aromatic N) is 1. The summed E-state index contributed by atoms with van der Waals surface area (Å²) in [5, 5.41) is 0. The third kappa shape index (κ3) is 2.97. The van der Waals surface area contributed by atoms with Gasteiger partial charge in [0, 0.05) is 6.20 Å². The maximum atomic E-state index is 12.3. The van der Waals surface area contributed by atoms with Crippen molar-refractivity contribution < 1.29 is 18.3 Å². The summed E-state index contributed by atoms with van der Waals surface area (Å²) >= 11 is 0. The second-order valence-electron chi connectivity index (χ2n) is 3.10. The van der Waals surface area contributed by atoms with Crippen molar-refractivity contribution in [2.45, 2.75) is 19.8 Å². The smallest absolute Gasteiger partial charge is 0.310 e. The van der Waals surface area contributed by atoms with Gasteiger partial charge in [0.05, 0.1) is 13.5 Å². The number of carbonyl (C=O) groups excluding carboxylic acids is 1. The molecule has 0 spiro atoms. The van der Waals surface area contributed by atoms with Gasteiger partial charge in [-0.3, -0.25) is 9.78 Å². The highest BCUT2D eigenvalue weighted by Gasteiger charge is 2.13. The maximum Gasteiger partial charge on any atom is 0.310 e. The summed E-state index contributed by atoms with van der Waals surface area (Å²) in [5.41, 5.74) is 0.707. The Bertz CT molecular complexity index is 366. The molecule has 0 aliphatic carbocycles. The molecule has 0 saturated carbocycles. The predicted molar refractivity (Wildman–Crippen MR) is 49.7 cm³/mol. The highest BCUT2D eigenvalue weighted by molar-refractivity contribution is 5.72. The van der Waals surface area contributed by atoms with Crippen LogP contribution in [0.15, 0.2) is 12.3 Å². The summed E-state index contributed by atoms with van der Waals surface area (Å²) in [7, 11) is 1.27. The Kier molecular flexibility index (Phi) is 3.71. The van der Waals surface area contributed by atoms with Crippen LogP contribution < -0.4 is 0 Å². The SMILES string of the molecule is COC(=O)Cc1cnc(C(F)F)c(C)c1. The van der Waals surface area contributed by atoms with Gasteiger partial charge in [0.2, 0.25) is 0 Å². The van der Waals surface area contributed by atoms with Crippen LogP contribution in [0.3, 0.4) is 0 Å². The number of hydrogen-bond donors (Lipinski definition) is 0. The van der Waals surface area contributed by atoms with Gasteiger partial charge in [-0.15, -0.1) is 0 Å². The number of halogens is 2. The molecule has 0 aromatic carbocycles. The largest absolute Gasteiger partial charge is 0.469 e. The Labute approximate surface area is 86.1 Å². The number of aryl methyl sites for hydroxylation is 1. The normalized spacial score (nSPS) is 10.5. The molecule has 5 heteroatoms. The molecule has 82 valence electrons. The molecule has 15 heavy (non-hydrogen) atoms. The molecule has 1 heterocycles. The molecule has 0 fully saturated rings. The molecule has 0 saturated heterocycles. The van der Waals surface area contributed by atoms with Crippen LogP contribution in [-0.2, 0) is 16.0 Å². The fourth-order valence-electron chi connectivity index (χ4n) is 1.21. The zero-order chi connectivity index (χ0) is 11.4. The predicted octanol–water partition coefficient (Wildman–Crippen LogP) is 2.04. The maximum absolute atomic E-state index is 12.3. The van der Waals surface area contributed by atoms with E-state index in [0.717, 1.165) is 0 Å². The van der Waals surface area contributed by atoms with Crippen molar-refractivity contribution in [1.29, 1.82) is 0 Å². The first-order valence-electron chi connectivity index (χ1n) is 4.35. The summed E-state index contributed by atoms with van der Waals surface area (Å²) in [4.78, 5) is 14.5. The van der Waals surface area contributed by atoms with Gasteiger partial charge in [-0.05, 0) is 18.1 Å². The number of ether oxygens (including phenoxy) is 1. The lowest BCUT2D eigenvalue weighted by Crippen LogP contribution is -2.06. The van der Waals surface area contributed by atoms with E-state index in [1.807, 2.05) is 0 Å². The highest BCUT2D eigenvalue weighted by Crippen LogP contribution is 2.20. The van der Waals surface area contributed by atoms with E-state index < -0.39 is 12.4 Å². The van der Waals surface area contributed by atoms with Gasteiger partial charge in [-0.1, -0.05) is 6.07 Å². The second-order valence-corrected chi connectivity index (χ2v) is 3.10. The van der Waals surface area contributed by atoms with Crippen LogP contribution >= 0.6 is 0 Å². The molecule has 0 amide bonds.